The minimum absolute atomic E-state index is 0.0521. The molecule has 2 aliphatic heterocycles. The van der Waals surface area contributed by atoms with E-state index in [9.17, 15) is 9.59 Å². The molecule has 156 valence electrons. The standard InChI is InChI=1S/C24H27N3O3/c1-30-19-6-4-16(5-7-19)20-15-27(24(29)17-2-3-17)22-10-13-26(14-21(20)22)23(28)18-8-11-25-12-9-18/h4-9,11-12,17,20-22H,2-3,10,13-15H2,1H3/t20-,21-,22-/m1/s1. The van der Waals surface area contributed by atoms with Crippen molar-refractivity contribution in [1.29, 1.82) is 0 Å². The van der Waals surface area contributed by atoms with Gasteiger partial charge in [0.2, 0.25) is 5.91 Å². The van der Waals surface area contributed by atoms with E-state index in [1.165, 1.54) is 5.56 Å². The summed E-state index contributed by atoms with van der Waals surface area (Å²) in [5.74, 6) is 1.90. The number of amides is 2. The van der Waals surface area contributed by atoms with Crippen molar-refractivity contribution in [3.63, 3.8) is 0 Å². The van der Waals surface area contributed by atoms with Gasteiger partial charge in [-0.2, -0.15) is 0 Å². The van der Waals surface area contributed by atoms with Gasteiger partial charge in [0.1, 0.15) is 5.75 Å². The number of benzene rings is 1. The molecule has 0 bridgehead atoms. The Balaban J connectivity index is 1.41. The van der Waals surface area contributed by atoms with Gasteiger partial charge in [-0.25, -0.2) is 0 Å². The molecule has 5 rings (SSSR count). The SMILES string of the molecule is COc1ccc([C@H]2CN(C(=O)C3CC3)[C@@H]3CCN(C(=O)c4ccncc4)C[C@H]23)cc1. The van der Waals surface area contributed by atoms with Gasteiger partial charge in [0.15, 0.2) is 0 Å². The number of pyridine rings is 1. The first kappa shape index (κ1) is 19.1. The second-order valence-electron chi connectivity index (χ2n) is 8.65. The highest BCUT2D eigenvalue weighted by molar-refractivity contribution is 5.94. The molecule has 6 nitrogen and oxygen atoms in total. The summed E-state index contributed by atoms with van der Waals surface area (Å²) in [5.41, 5.74) is 1.89. The molecule has 0 radical (unpaired) electrons. The molecule has 0 spiro atoms. The van der Waals surface area contributed by atoms with E-state index in [0.717, 1.165) is 31.6 Å². The fraction of sp³-hybridized carbons (Fsp3) is 0.458. The van der Waals surface area contributed by atoms with Crippen molar-refractivity contribution in [2.45, 2.75) is 31.2 Å². The molecule has 0 unspecified atom stereocenters. The van der Waals surface area contributed by atoms with E-state index in [4.69, 9.17) is 4.74 Å². The summed E-state index contributed by atoms with van der Waals surface area (Å²) in [6.45, 7) is 2.11. The zero-order valence-electron chi connectivity index (χ0n) is 17.2. The maximum atomic E-state index is 13.0. The highest BCUT2D eigenvalue weighted by Gasteiger charge is 2.49. The van der Waals surface area contributed by atoms with E-state index < -0.39 is 0 Å². The van der Waals surface area contributed by atoms with Gasteiger partial charge in [-0.1, -0.05) is 12.1 Å². The molecule has 2 aromatic rings. The van der Waals surface area contributed by atoms with Gasteiger partial charge in [-0.15, -0.1) is 0 Å². The molecule has 3 atom stereocenters. The highest BCUT2D eigenvalue weighted by Crippen LogP contribution is 2.44. The third-order valence-electron chi connectivity index (χ3n) is 6.90. The third-order valence-corrected chi connectivity index (χ3v) is 6.90. The molecule has 3 aliphatic rings. The van der Waals surface area contributed by atoms with Crippen molar-refractivity contribution in [1.82, 2.24) is 14.8 Å². The monoisotopic (exact) mass is 405 g/mol. The predicted molar refractivity (Wildman–Crippen MR) is 112 cm³/mol. The van der Waals surface area contributed by atoms with Gasteiger partial charge in [-0.05, 0) is 49.1 Å². The van der Waals surface area contributed by atoms with Crippen LogP contribution in [0.2, 0.25) is 0 Å². The van der Waals surface area contributed by atoms with Gasteiger partial charge in [0.05, 0.1) is 7.11 Å². The van der Waals surface area contributed by atoms with E-state index in [1.54, 1.807) is 31.6 Å². The maximum Gasteiger partial charge on any atom is 0.253 e. The first-order chi connectivity index (χ1) is 14.7. The lowest BCUT2D eigenvalue weighted by molar-refractivity contribution is -0.134. The Bertz CT molecular complexity index is 926. The number of nitrogens with zero attached hydrogens (tertiary/aromatic N) is 3. The number of likely N-dealkylation sites (tertiary alicyclic amines) is 2. The number of piperidine rings is 1. The molecule has 2 amide bonds. The van der Waals surface area contributed by atoms with Crippen molar-refractivity contribution in [3.05, 3.63) is 59.9 Å². The average Bonchev–Trinajstić information content (AvgIpc) is 3.59. The largest absolute Gasteiger partial charge is 0.497 e. The van der Waals surface area contributed by atoms with Crippen LogP contribution in [0.4, 0.5) is 0 Å². The Kier molecular flexibility index (Phi) is 4.93. The molecular formula is C24H27N3O3. The number of rotatable bonds is 4. The van der Waals surface area contributed by atoms with E-state index in [-0.39, 0.29) is 29.7 Å². The van der Waals surface area contributed by atoms with E-state index in [1.807, 2.05) is 17.0 Å². The second kappa shape index (κ2) is 7.74. The van der Waals surface area contributed by atoms with Crippen LogP contribution in [-0.4, -0.2) is 59.4 Å². The molecule has 6 heteroatoms. The molecule has 1 saturated carbocycles. The Morgan fingerprint density at radius 2 is 1.73 bits per heavy atom. The predicted octanol–water partition coefficient (Wildman–Crippen LogP) is 2.96. The minimum atomic E-state index is 0.0521. The zero-order valence-corrected chi connectivity index (χ0v) is 17.2. The molecule has 1 aliphatic carbocycles. The number of hydrogen-bond donors (Lipinski definition) is 0. The highest BCUT2D eigenvalue weighted by atomic mass is 16.5. The van der Waals surface area contributed by atoms with Crippen LogP contribution in [0, 0.1) is 11.8 Å². The summed E-state index contributed by atoms with van der Waals surface area (Å²) in [6, 6.07) is 11.9. The van der Waals surface area contributed by atoms with Crippen LogP contribution in [-0.2, 0) is 4.79 Å². The maximum absolute atomic E-state index is 13.0. The molecule has 3 heterocycles. The van der Waals surface area contributed by atoms with Crippen molar-refractivity contribution in [3.8, 4) is 5.75 Å². The van der Waals surface area contributed by atoms with Crippen LogP contribution < -0.4 is 4.74 Å². The minimum Gasteiger partial charge on any atom is -0.497 e. The molecule has 1 aromatic heterocycles. The number of carbonyl (C=O) groups excluding carboxylic acids is 2. The van der Waals surface area contributed by atoms with Crippen molar-refractivity contribution >= 4 is 11.8 Å². The average molecular weight is 405 g/mol. The molecule has 30 heavy (non-hydrogen) atoms. The fourth-order valence-electron chi connectivity index (χ4n) is 5.12. The lowest BCUT2D eigenvalue weighted by Crippen LogP contribution is -2.50. The van der Waals surface area contributed by atoms with Crippen LogP contribution in [0.25, 0.3) is 0 Å². The number of fused-ring (bicyclic) bond motifs is 1. The summed E-state index contributed by atoms with van der Waals surface area (Å²) in [5, 5.41) is 0. The van der Waals surface area contributed by atoms with Crippen LogP contribution in [0.1, 0.15) is 41.1 Å². The fourth-order valence-corrected chi connectivity index (χ4v) is 5.12. The third kappa shape index (κ3) is 3.44. The molecule has 1 aromatic carbocycles. The van der Waals surface area contributed by atoms with E-state index in [0.29, 0.717) is 24.6 Å². The first-order valence-corrected chi connectivity index (χ1v) is 10.8. The molecule has 2 saturated heterocycles. The van der Waals surface area contributed by atoms with Gasteiger partial charge >= 0.3 is 0 Å². The van der Waals surface area contributed by atoms with Crippen molar-refractivity contribution in [2.24, 2.45) is 11.8 Å². The van der Waals surface area contributed by atoms with Gasteiger partial charge < -0.3 is 14.5 Å². The van der Waals surface area contributed by atoms with E-state index >= 15 is 0 Å². The lowest BCUT2D eigenvalue weighted by atomic mass is 9.81. The summed E-state index contributed by atoms with van der Waals surface area (Å²) in [6.07, 6.45) is 6.20. The second-order valence-corrected chi connectivity index (χ2v) is 8.65. The topological polar surface area (TPSA) is 62.7 Å². The zero-order chi connectivity index (χ0) is 20.7. The Hall–Kier alpha value is -2.89. The van der Waals surface area contributed by atoms with Crippen molar-refractivity contribution in [2.75, 3.05) is 26.7 Å². The molecule has 3 fully saturated rings. The number of ether oxygens (including phenoxy) is 1. The summed E-state index contributed by atoms with van der Waals surface area (Å²) in [7, 11) is 1.67. The first-order valence-electron chi connectivity index (χ1n) is 10.8. The number of carbonyl (C=O) groups is 2. The number of hydrogen-bond acceptors (Lipinski definition) is 4. The lowest BCUT2D eigenvalue weighted by Gasteiger charge is -2.39. The normalized spacial score (nSPS) is 25.7. The van der Waals surface area contributed by atoms with Gasteiger partial charge in [-0.3, -0.25) is 14.6 Å². The van der Waals surface area contributed by atoms with Crippen LogP contribution >= 0.6 is 0 Å². The molecular weight excluding hydrogens is 378 g/mol. The quantitative estimate of drug-likeness (QED) is 0.785. The Morgan fingerprint density at radius 3 is 2.40 bits per heavy atom. The summed E-state index contributed by atoms with van der Waals surface area (Å²) in [4.78, 5) is 34.2. The summed E-state index contributed by atoms with van der Waals surface area (Å²) < 4.78 is 5.31. The van der Waals surface area contributed by atoms with Crippen LogP contribution in [0.15, 0.2) is 48.8 Å². The number of aromatic nitrogens is 1. The van der Waals surface area contributed by atoms with Crippen LogP contribution in [0.5, 0.6) is 5.75 Å². The van der Waals surface area contributed by atoms with Crippen molar-refractivity contribution < 1.29 is 14.3 Å². The Morgan fingerprint density at radius 1 is 1.00 bits per heavy atom. The number of methoxy groups -OCH3 is 1. The van der Waals surface area contributed by atoms with Crippen LogP contribution in [0.3, 0.4) is 0 Å². The summed E-state index contributed by atoms with van der Waals surface area (Å²) >= 11 is 0. The molecule has 0 N–H and O–H groups in total. The van der Waals surface area contributed by atoms with E-state index in [2.05, 4.69) is 22.0 Å². The Labute approximate surface area is 176 Å². The van der Waals surface area contributed by atoms with Gasteiger partial charge in [0.25, 0.3) is 5.91 Å². The van der Waals surface area contributed by atoms with Gasteiger partial charge in [0, 0.05) is 61.4 Å². The smallest absolute Gasteiger partial charge is 0.253 e.